The first-order valence-electron chi connectivity index (χ1n) is 12.4. The van der Waals surface area contributed by atoms with E-state index in [-0.39, 0.29) is 17.3 Å². The van der Waals surface area contributed by atoms with E-state index < -0.39 is 17.7 Å². The van der Waals surface area contributed by atoms with Crippen LogP contribution in [0.1, 0.15) is 48.9 Å². The number of aliphatic hydroxyl groups excluding tert-OH is 1. The predicted molar refractivity (Wildman–Crippen MR) is 141 cm³/mol. The second-order valence-electron chi connectivity index (χ2n) is 9.11. The number of hydrogen-bond acceptors (Lipinski definition) is 6. The van der Waals surface area contributed by atoms with E-state index in [4.69, 9.17) is 4.74 Å². The summed E-state index contributed by atoms with van der Waals surface area (Å²) in [6.45, 7) is 4.71. The third kappa shape index (κ3) is 4.70. The maximum Gasteiger partial charge on any atom is 0.302 e. The number of nitrogens with one attached hydrogen (secondary N) is 1. The number of carbonyl (C=O) groups excluding carboxylic acids is 2. The van der Waals surface area contributed by atoms with Crippen molar-refractivity contribution in [2.24, 2.45) is 0 Å². The quantitative estimate of drug-likeness (QED) is 0.145. The molecule has 1 saturated heterocycles. The molecule has 1 aliphatic heterocycles. The summed E-state index contributed by atoms with van der Waals surface area (Å²) in [5, 5.41) is 11.3. The number of aryl methyl sites for hydroxylation is 1. The summed E-state index contributed by atoms with van der Waals surface area (Å²) in [6.07, 6.45) is 6.35. The van der Waals surface area contributed by atoms with Gasteiger partial charge in [0.25, 0.3) is 5.78 Å². The number of rotatable bonds is 8. The number of pyridine rings is 1. The van der Waals surface area contributed by atoms with Gasteiger partial charge in [0, 0.05) is 18.0 Å². The topological polar surface area (TPSA) is 108 Å². The van der Waals surface area contributed by atoms with E-state index in [1.165, 1.54) is 4.90 Å². The van der Waals surface area contributed by atoms with E-state index in [2.05, 4.69) is 21.9 Å². The Labute approximate surface area is 214 Å². The first-order chi connectivity index (χ1) is 18.0. The van der Waals surface area contributed by atoms with E-state index in [1.807, 2.05) is 25.1 Å². The van der Waals surface area contributed by atoms with Crippen molar-refractivity contribution >= 4 is 34.4 Å². The normalized spacial score (nSPS) is 17.0. The summed E-state index contributed by atoms with van der Waals surface area (Å²) in [6, 6.07) is 15.1. The average molecular weight is 497 g/mol. The molecule has 1 fully saturated rings. The first-order valence-corrected chi connectivity index (χ1v) is 12.4. The summed E-state index contributed by atoms with van der Waals surface area (Å²) >= 11 is 0. The summed E-state index contributed by atoms with van der Waals surface area (Å²) in [4.78, 5) is 39.8. The van der Waals surface area contributed by atoms with Crippen molar-refractivity contribution in [1.29, 1.82) is 0 Å². The van der Waals surface area contributed by atoms with Crippen LogP contribution < -0.4 is 9.64 Å². The number of Topliss-reactive ketones (excluding diaryl/α,β-unsaturated/α-hetero) is 1. The Morgan fingerprint density at radius 3 is 2.54 bits per heavy atom. The van der Waals surface area contributed by atoms with Gasteiger partial charge in [-0.15, -0.1) is 0 Å². The predicted octanol–water partition coefficient (Wildman–Crippen LogP) is 5.46. The van der Waals surface area contributed by atoms with Crippen molar-refractivity contribution in [2.45, 2.75) is 39.2 Å². The van der Waals surface area contributed by atoms with Crippen LogP contribution >= 0.6 is 0 Å². The molecule has 1 aliphatic rings. The molecule has 8 heteroatoms. The molecule has 5 rings (SSSR count). The molecule has 1 unspecified atom stereocenters. The Hall–Kier alpha value is -4.46. The van der Waals surface area contributed by atoms with Gasteiger partial charge < -0.3 is 14.8 Å². The number of benzene rings is 2. The number of imidazole rings is 1. The zero-order valence-corrected chi connectivity index (χ0v) is 20.8. The average Bonchev–Trinajstić information content (AvgIpc) is 3.44. The highest BCUT2D eigenvalue weighted by atomic mass is 16.5. The number of carbonyl (C=O) groups is 2. The largest absolute Gasteiger partial charge is 0.507 e. The molecular formula is C29H28N4O4. The van der Waals surface area contributed by atoms with Crippen molar-refractivity contribution in [2.75, 3.05) is 11.5 Å². The van der Waals surface area contributed by atoms with E-state index in [9.17, 15) is 14.7 Å². The Bertz CT molecular complexity index is 1480. The van der Waals surface area contributed by atoms with Gasteiger partial charge in [0.05, 0.1) is 29.3 Å². The molecular weight excluding hydrogens is 468 g/mol. The molecule has 0 saturated carbocycles. The Morgan fingerprint density at radius 2 is 1.81 bits per heavy atom. The molecule has 8 nitrogen and oxygen atoms in total. The highest BCUT2D eigenvalue weighted by Gasteiger charge is 2.48. The fourth-order valence-corrected chi connectivity index (χ4v) is 4.54. The molecule has 4 aromatic rings. The second kappa shape index (κ2) is 10.3. The molecule has 2 aromatic carbocycles. The lowest BCUT2D eigenvalue weighted by molar-refractivity contribution is -0.132. The van der Waals surface area contributed by atoms with Gasteiger partial charge in [-0.2, -0.15) is 0 Å². The van der Waals surface area contributed by atoms with Gasteiger partial charge in [-0.05, 0) is 73.0 Å². The number of ether oxygens (including phenoxy) is 1. The van der Waals surface area contributed by atoms with Crippen LogP contribution in [-0.2, 0) is 9.59 Å². The molecule has 0 bridgehead atoms. The Morgan fingerprint density at radius 1 is 1.05 bits per heavy atom. The highest BCUT2D eigenvalue weighted by molar-refractivity contribution is 6.51. The number of hydrogen-bond donors (Lipinski definition) is 2. The van der Waals surface area contributed by atoms with Crippen LogP contribution in [0.4, 0.5) is 5.95 Å². The molecule has 3 heterocycles. The standard InChI is InChI=1S/C29H28N4O4/c1-3-4-5-16-37-21-9-7-20(8-10-21)26(34)24-25(19-12-14-30-15-13-19)33(28(36)27(24)35)29-31-22-11-6-18(2)17-23(22)32-29/h6-15,17,25,34H,3-5,16H2,1-2H3,(H,31,32)/b26-24+. The SMILES string of the molecule is CCCCCOc1ccc(/C(O)=C2\C(=O)C(=O)N(c3nc4ccc(C)cc4[nH]3)C2c2ccncc2)cc1. The minimum absolute atomic E-state index is 0.00977. The minimum atomic E-state index is -0.880. The number of anilines is 1. The number of fused-ring (bicyclic) bond motifs is 1. The lowest BCUT2D eigenvalue weighted by Crippen LogP contribution is -2.30. The third-order valence-electron chi connectivity index (χ3n) is 6.46. The van der Waals surface area contributed by atoms with Crippen LogP contribution in [0.3, 0.4) is 0 Å². The number of amides is 1. The van der Waals surface area contributed by atoms with Gasteiger partial charge in [-0.25, -0.2) is 4.98 Å². The summed E-state index contributed by atoms with van der Waals surface area (Å²) in [7, 11) is 0. The van der Waals surface area contributed by atoms with E-state index >= 15 is 0 Å². The van der Waals surface area contributed by atoms with Crippen molar-refractivity contribution in [3.63, 3.8) is 0 Å². The second-order valence-corrected chi connectivity index (χ2v) is 9.11. The molecule has 0 aliphatic carbocycles. The monoisotopic (exact) mass is 496 g/mol. The van der Waals surface area contributed by atoms with E-state index in [1.54, 1.807) is 48.8 Å². The van der Waals surface area contributed by atoms with Gasteiger partial charge in [0.2, 0.25) is 5.95 Å². The van der Waals surface area contributed by atoms with Gasteiger partial charge in [-0.3, -0.25) is 19.5 Å². The third-order valence-corrected chi connectivity index (χ3v) is 6.46. The van der Waals surface area contributed by atoms with E-state index in [0.29, 0.717) is 29.0 Å². The molecule has 2 N–H and O–H groups in total. The lowest BCUT2D eigenvalue weighted by Gasteiger charge is -2.22. The molecule has 37 heavy (non-hydrogen) atoms. The molecule has 1 atom stereocenters. The zero-order chi connectivity index (χ0) is 25.9. The van der Waals surface area contributed by atoms with Crippen LogP contribution in [0, 0.1) is 6.92 Å². The lowest BCUT2D eigenvalue weighted by atomic mass is 9.96. The van der Waals surface area contributed by atoms with Crippen molar-refractivity contribution in [1.82, 2.24) is 15.0 Å². The number of ketones is 1. The van der Waals surface area contributed by atoms with E-state index in [0.717, 1.165) is 30.3 Å². The Balaban J connectivity index is 1.55. The zero-order valence-electron chi connectivity index (χ0n) is 20.8. The molecule has 0 radical (unpaired) electrons. The van der Waals surface area contributed by atoms with Crippen molar-refractivity contribution in [3.8, 4) is 5.75 Å². The summed E-state index contributed by atoms with van der Waals surface area (Å²) in [5.41, 5.74) is 3.49. The first kappa shape index (κ1) is 24.2. The Kier molecular flexibility index (Phi) is 6.72. The number of aliphatic hydroxyl groups is 1. The van der Waals surface area contributed by atoms with Gasteiger partial charge in [0.15, 0.2) is 0 Å². The maximum atomic E-state index is 13.3. The van der Waals surface area contributed by atoms with Crippen molar-refractivity contribution in [3.05, 3.63) is 89.3 Å². The fourth-order valence-electron chi connectivity index (χ4n) is 4.54. The van der Waals surface area contributed by atoms with Gasteiger partial charge in [0.1, 0.15) is 11.5 Å². The fraction of sp³-hybridized carbons (Fsp3) is 0.241. The number of aromatic amines is 1. The van der Waals surface area contributed by atoms with Gasteiger partial charge in [-0.1, -0.05) is 25.8 Å². The maximum absolute atomic E-state index is 13.3. The summed E-state index contributed by atoms with van der Waals surface area (Å²) < 4.78 is 5.76. The van der Waals surface area contributed by atoms with Crippen LogP contribution in [0.15, 0.2) is 72.6 Å². The molecule has 188 valence electrons. The molecule has 1 amide bonds. The number of unbranched alkanes of at least 4 members (excludes halogenated alkanes) is 2. The van der Waals surface area contributed by atoms with Crippen LogP contribution in [0.25, 0.3) is 16.8 Å². The van der Waals surface area contributed by atoms with Crippen LogP contribution in [0.5, 0.6) is 5.75 Å². The molecule has 0 spiro atoms. The minimum Gasteiger partial charge on any atom is -0.507 e. The highest BCUT2D eigenvalue weighted by Crippen LogP contribution is 2.41. The van der Waals surface area contributed by atoms with Gasteiger partial charge >= 0.3 is 5.91 Å². The van der Waals surface area contributed by atoms with Crippen molar-refractivity contribution < 1.29 is 19.4 Å². The summed E-state index contributed by atoms with van der Waals surface area (Å²) in [5.74, 6) is -0.895. The van der Waals surface area contributed by atoms with Crippen LogP contribution in [-0.4, -0.2) is 38.4 Å². The number of nitrogens with zero attached hydrogens (tertiary/aromatic N) is 3. The smallest absolute Gasteiger partial charge is 0.302 e. The van der Waals surface area contributed by atoms with Crippen LogP contribution in [0.2, 0.25) is 0 Å². The molecule has 2 aromatic heterocycles. The number of H-pyrrole nitrogens is 1. The number of aromatic nitrogens is 3.